The van der Waals surface area contributed by atoms with Crippen LogP contribution in [0.1, 0.15) is 29.0 Å². The van der Waals surface area contributed by atoms with E-state index in [2.05, 4.69) is 21.1 Å². The molecule has 4 rings (SSSR count). The Balaban J connectivity index is 1.73. The van der Waals surface area contributed by atoms with E-state index in [0.717, 1.165) is 17.7 Å². The van der Waals surface area contributed by atoms with E-state index in [1.54, 1.807) is 31.2 Å². The lowest BCUT2D eigenvalue weighted by Crippen LogP contribution is -2.38. The minimum Gasteiger partial charge on any atom is -0.382 e. The highest BCUT2D eigenvalue weighted by molar-refractivity contribution is 7.10. The largest absolute Gasteiger partial charge is 0.382 e. The molecule has 1 N–H and O–H groups in total. The lowest BCUT2D eigenvalue weighted by molar-refractivity contribution is -0.0112. The number of aromatic nitrogens is 4. The van der Waals surface area contributed by atoms with E-state index in [-0.39, 0.29) is 12.1 Å². The van der Waals surface area contributed by atoms with E-state index in [1.165, 1.54) is 34.7 Å². The molecule has 0 radical (unpaired) electrons. The van der Waals surface area contributed by atoms with Crippen molar-refractivity contribution in [2.24, 2.45) is 0 Å². The van der Waals surface area contributed by atoms with Gasteiger partial charge in [-0.25, -0.2) is 23.4 Å². The Hall–Kier alpha value is -3.48. The standard InChI is InChI=1S/C22H17F2N5OS/c1-14(21-28-20(10-31-21)16-4-2-15(9-25)3-5-16)22(30,11-29-13-26-12-27-29)18-7-6-17(23)8-19(18)24/h2-8,10,12-14,30H,11H2,1H3/t14-,22-/m1/s1. The molecule has 0 aliphatic rings. The van der Waals surface area contributed by atoms with Gasteiger partial charge in [0.2, 0.25) is 0 Å². The predicted molar refractivity (Wildman–Crippen MR) is 111 cm³/mol. The number of nitrogens with zero attached hydrogens (tertiary/aromatic N) is 5. The molecular formula is C22H17F2N5OS. The summed E-state index contributed by atoms with van der Waals surface area (Å²) in [5.41, 5.74) is 0.236. The van der Waals surface area contributed by atoms with Gasteiger partial charge in [-0.2, -0.15) is 10.4 Å². The summed E-state index contributed by atoms with van der Waals surface area (Å²) in [5, 5.41) is 27.1. The van der Waals surface area contributed by atoms with Crippen molar-refractivity contribution in [3.8, 4) is 17.3 Å². The number of nitriles is 1. The van der Waals surface area contributed by atoms with E-state index in [9.17, 15) is 13.9 Å². The van der Waals surface area contributed by atoms with Crippen molar-refractivity contribution in [1.82, 2.24) is 19.7 Å². The van der Waals surface area contributed by atoms with Gasteiger partial charge in [-0.05, 0) is 18.2 Å². The second-order valence-electron chi connectivity index (χ2n) is 7.12. The molecule has 2 atom stereocenters. The molecule has 0 aliphatic carbocycles. The molecule has 2 aromatic carbocycles. The molecule has 0 fully saturated rings. The van der Waals surface area contributed by atoms with Crippen molar-refractivity contribution < 1.29 is 13.9 Å². The van der Waals surface area contributed by atoms with E-state index in [4.69, 9.17) is 5.26 Å². The molecule has 0 bridgehead atoms. The van der Waals surface area contributed by atoms with Gasteiger partial charge in [0.15, 0.2) is 0 Å². The van der Waals surface area contributed by atoms with Gasteiger partial charge in [-0.3, -0.25) is 0 Å². The smallest absolute Gasteiger partial charge is 0.137 e. The number of hydrogen-bond donors (Lipinski definition) is 1. The first-order chi connectivity index (χ1) is 14.9. The van der Waals surface area contributed by atoms with Gasteiger partial charge in [0.1, 0.15) is 29.9 Å². The summed E-state index contributed by atoms with van der Waals surface area (Å²) in [4.78, 5) is 8.52. The van der Waals surface area contributed by atoms with Crippen LogP contribution < -0.4 is 0 Å². The summed E-state index contributed by atoms with van der Waals surface area (Å²) >= 11 is 1.33. The number of rotatable bonds is 6. The topological polar surface area (TPSA) is 87.6 Å². The maximum atomic E-state index is 14.7. The average molecular weight is 437 g/mol. The van der Waals surface area contributed by atoms with Crippen LogP contribution in [0, 0.1) is 23.0 Å². The van der Waals surface area contributed by atoms with Crippen LogP contribution in [-0.2, 0) is 12.1 Å². The van der Waals surface area contributed by atoms with Crippen molar-refractivity contribution in [1.29, 1.82) is 5.26 Å². The van der Waals surface area contributed by atoms with Crippen LogP contribution in [0.5, 0.6) is 0 Å². The fourth-order valence-electron chi connectivity index (χ4n) is 3.40. The number of thiazole rings is 1. The molecule has 0 saturated heterocycles. The van der Waals surface area contributed by atoms with Crippen LogP contribution in [-0.4, -0.2) is 24.9 Å². The first kappa shape index (κ1) is 20.8. The Morgan fingerprint density at radius 1 is 1.23 bits per heavy atom. The molecule has 0 unspecified atom stereocenters. The Morgan fingerprint density at radius 3 is 2.65 bits per heavy atom. The highest BCUT2D eigenvalue weighted by Crippen LogP contribution is 2.41. The Labute approximate surface area is 181 Å². The normalized spacial score (nSPS) is 14.0. The molecule has 156 valence electrons. The van der Waals surface area contributed by atoms with Gasteiger partial charge in [-0.15, -0.1) is 11.3 Å². The highest BCUT2D eigenvalue weighted by Gasteiger charge is 2.41. The molecule has 31 heavy (non-hydrogen) atoms. The molecule has 0 spiro atoms. The van der Waals surface area contributed by atoms with Crippen molar-refractivity contribution in [3.05, 3.63) is 88.3 Å². The molecular weight excluding hydrogens is 420 g/mol. The summed E-state index contributed by atoms with van der Waals surface area (Å²) in [5.74, 6) is -2.22. The van der Waals surface area contributed by atoms with Crippen molar-refractivity contribution >= 4 is 11.3 Å². The van der Waals surface area contributed by atoms with E-state index in [0.29, 0.717) is 16.3 Å². The number of hydrogen-bond acceptors (Lipinski definition) is 6. The second kappa shape index (κ2) is 8.34. The SMILES string of the molecule is C[C@H](c1nc(-c2ccc(C#N)cc2)cs1)[C@](O)(Cn1cncn1)c1ccc(F)cc1F. The third-order valence-electron chi connectivity index (χ3n) is 5.19. The molecule has 0 saturated carbocycles. The first-order valence-electron chi connectivity index (χ1n) is 9.37. The van der Waals surface area contributed by atoms with Gasteiger partial charge in [0.25, 0.3) is 0 Å². The number of aliphatic hydroxyl groups is 1. The molecule has 0 aliphatic heterocycles. The summed E-state index contributed by atoms with van der Waals surface area (Å²) in [6.07, 6.45) is 2.74. The summed E-state index contributed by atoms with van der Waals surface area (Å²) in [7, 11) is 0. The van der Waals surface area contributed by atoms with Crippen LogP contribution in [0.2, 0.25) is 0 Å². The molecule has 9 heteroatoms. The lowest BCUT2D eigenvalue weighted by Gasteiger charge is -2.33. The molecule has 4 aromatic rings. The number of benzene rings is 2. The van der Waals surface area contributed by atoms with Crippen LogP contribution >= 0.6 is 11.3 Å². The maximum absolute atomic E-state index is 14.7. The van der Waals surface area contributed by atoms with Gasteiger partial charge in [0.05, 0.1) is 28.9 Å². The van der Waals surface area contributed by atoms with E-state index in [1.807, 2.05) is 5.38 Å². The van der Waals surface area contributed by atoms with Crippen LogP contribution in [0.15, 0.2) is 60.5 Å². The summed E-state index contributed by atoms with van der Waals surface area (Å²) in [6, 6.07) is 12.2. The molecule has 2 heterocycles. The second-order valence-corrected chi connectivity index (χ2v) is 8.01. The maximum Gasteiger partial charge on any atom is 0.137 e. The van der Waals surface area contributed by atoms with E-state index < -0.39 is 23.2 Å². The monoisotopic (exact) mass is 437 g/mol. The Kier molecular flexibility index (Phi) is 5.59. The lowest BCUT2D eigenvalue weighted by atomic mass is 9.82. The Bertz CT molecular complexity index is 1230. The van der Waals surface area contributed by atoms with Crippen LogP contribution in [0.4, 0.5) is 8.78 Å². The zero-order valence-corrected chi connectivity index (χ0v) is 17.2. The third kappa shape index (κ3) is 4.08. The Morgan fingerprint density at radius 2 is 2.00 bits per heavy atom. The van der Waals surface area contributed by atoms with Crippen molar-refractivity contribution in [3.63, 3.8) is 0 Å². The predicted octanol–water partition coefficient (Wildman–Crippen LogP) is 4.24. The fraction of sp³-hybridized carbons (Fsp3) is 0.182. The zero-order chi connectivity index (χ0) is 22.0. The minimum absolute atomic E-state index is 0.0491. The van der Waals surface area contributed by atoms with Crippen molar-refractivity contribution in [2.45, 2.75) is 25.0 Å². The van der Waals surface area contributed by atoms with Gasteiger partial charge in [-0.1, -0.05) is 25.1 Å². The third-order valence-corrected chi connectivity index (χ3v) is 6.21. The summed E-state index contributed by atoms with van der Waals surface area (Å²) < 4.78 is 29.6. The molecule has 6 nitrogen and oxygen atoms in total. The molecule has 2 aromatic heterocycles. The van der Waals surface area contributed by atoms with Crippen LogP contribution in [0.3, 0.4) is 0 Å². The minimum atomic E-state index is -1.76. The quantitative estimate of drug-likeness (QED) is 0.487. The first-order valence-corrected chi connectivity index (χ1v) is 10.2. The fourth-order valence-corrected chi connectivity index (χ4v) is 4.37. The van der Waals surface area contributed by atoms with Crippen molar-refractivity contribution in [2.75, 3.05) is 0 Å². The number of halogens is 2. The van der Waals surface area contributed by atoms with Gasteiger partial charge in [0, 0.05) is 28.5 Å². The summed E-state index contributed by atoms with van der Waals surface area (Å²) in [6.45, 7) is 1.64. The highest BCUT2D eigenvalue weighted by atomic mass is 32.1. The zero-order valence-electron chi connectivity index (χ0n) is 16.4. The molecule has 0 amide bonds. The van der Waals surface area contributed by atoms with Crippen LogP contribution in [0.25, 0.3) is 11.3 Å². The van der Waals surface area contributed by atoms with Gasteiger partial charge < -0.3 is 5.11 Å². The van der Waals surface area contributed by atoms with Gasteiger partial charge >= 0.3 is 0 Å². The van der Waals surface area contributed by atoms with E-state index >= 15 is 0 Å². The average Bonchev–Trinajstić information content (AvgIpc) is 3.45.